The lowest BCUT2D eigenvalue weighted by Crippen LogP contribution is -2.39. The molecule has 3 rings (SSSR count). The van der Waals surface area contributed by atoms with Gasteiger partial charge in [-0.2, -0.15) is 0 Å². The van der Waals surface area contributed by atoms with Crippen molar-refractivity contribution >= 4 is 17.2 Å². The summed E-state index contributed by atoms with van der Waals surface area (Å²) in [4.78, 5) is 16.5. The average molecular weight is 357 g/mol. The van der Waals surface area contributed by atoms with Crippen molar-refractivity contribution in [2.75, 3.05) is 26.2 Å². The van der Waals surface area contributed by atoms with Gasteiger partial charge in [0.15, 0.2) is 0 Å². The van der Waals surface area contributed by atoms with Gasteiger partial charge in [0, 0.05) is 23.5 Å². The van der Waals surface area contributed by atoms with Crippen molar-refractivity contribution in [2.24, 2.45) is 0 Å². The summed E-state index contributed by atoms with van der Waals surface area (Å²) in [5, 5.41) is 5.28. The predicted octanol–water partition coefficient (Wildman–Crippen LogP) is 4.28. The average Bonchev–Trinajstić information content (AvgIpc) is 3.09. The molecule has 134 valence electrons. The molecule has 2 heterocycles. The van der Waals surface area contributed by atoms with Crippen LogP contribution in [0.25, 0.3) is 0 Å². The minimum atomic E-state index is 0.0588. The number of likely N-dealkylation sites (tertiary alicyclic amines) is 1. The molecule has 0 radical (unpaired) electrons. The van der Waals surface area contributed by atoms with Crippen LogP contribution in [-0.4, -0.2) is 37.0 Å². The molecule has 1 saturated heterocycles. The van der Waals surface area contributed by atoms with Crippen molar-refractivity contribution in [3.63, 3.8) is 0 Å². The van der Waals surface area contributed by atoms with Gasteiger partial charge < -0.3 is 10.2 Å². The van der Waals surface area contributed by atoms with Gasteiger partial charge in [-0.1, -0.05) is 23.8 Å². The molecule has 1 aromatic heterocycles. The molecule has 1 amide bonds. The highest BCUT2D eigenvalue weighted by molar-refractivity contribution is 7.10. The molecule has 3 nitrogen and oxygen atoms in total. The van der Waals surface area contributed by atoms with Crippen LogP contribution < -0.4 is 5.32 Å². The van der Waals surface area contributed by atoms with Crippen LogP contribution in [0.3, 0.4) is 0 Å². The first-order chi connectivity index (χ1) is 12.0. The maximum Gasteiger partial charge on any atom is 0.251 e. The van der Waals surface area contributed by atoms with Crippen LogP contribution in [0, 0.1) is 20.8 Å². The van der Waals surface area contributed by atoms with Crippen LogP contribution >= 0.6 is 11.3 Å². The summed E-state index contributed by atoms with van der Waals surface area (Å²) in [6, 6.07) is 8.57. The number of piperidine rings is 1. The molecule has 0 spiro atoms. The fraction of sp³-hybridized carbons (Fsp3) is 0.476. The Labute approximate surface area is 155 Å². The van der Waals surface area contributed by atoms with Gasteiger partial charge in [0.05, 0.1) is 0 Å². The van der Waals surface area contributed by atoms with Gasteiger partial charge in [-0.25, -0.2) is 0 Å². The van der Waals surface area contributed by atoms with E-state index in [9.17, 15) is 4.79 Å². The van der Waals surface area contributed by atoms with E-state index in [2.05, 4.69) is 46.8 Å². The minimum Gasteiger partial charge on any atom is -0.351 e. The van der Waals surface area contributed by atoms with Crippen LogP contribution in [0.4, 0.5) is 0 Å². The third-order valence-corrected chi connectivity index (χ3v) is 6.19. The fourth-order valence-electron chi connectivity index (χ4n) is 3.92. The monoisotopic (exact) mass is 356 g/mol. The first kappa shape index (κ1) is 18.2. The molecule has 0 saturated carbocycles. The van der Waals surface area contributed by atoms with Crippen molar-refractivity contribution in [2.45, 2.75) is 39.5 Å². The molecule has 0 aliphatic carbocycles. The molecule has 1 aromatic carbocycles. The van der Waals surface area contributed by atoms with Crippen molar-refractivity contribution < 1.29 is 4.79 Å². The summed E-state index contributed by atoms with van der Waals surface area (Å²) in [7, 11) is 0. The number of carbonyl (C=O) groups excluding carboxylic acids is 1. The zero-order valence-corrected chi connectivity index (χ0v) is 16.3. The molecule has 0 atom stereocenters. The molecule has 1 aliphatic rings. The number of nitrogens with zero attached hydrogens (tertiary/aromatic N) is 1. The molecular weight excluding hydrogens is 328 g/mol. The largest absolute Gasteiger partial charge is 0.351 e. The van der Waals surface area contributed by atoms with E-state index in [4.69, 9.17) is 0 Å². The van der Waals surface area contributed by atoms with Crippen LogP contribution in [0.5, 0.6) is 0 Å². The molecule has 0 unspecified atom stereocenters. The van der Waals surface area contributed by atoms with Gasteiger partial charge in [0.25, 0.3) is 5.91 Å². The van der Waals surface area contributed by atoms with Crippen LogP contribution in [0.1, 0.15) is 50.7 Å². The normalized spacial score (nSPS) is 16.1. The number of thiophene rings is 1. The van der Waals surface area contributed by atoms with Crippen LogP contribution in [-0.2, 0) is 0 Å². The van der Waals surface area contributed by atoms with Gasteiger partial charge in [0.2, 0.25) is 0 Å². The Morgan fingerprint density at radius 3 is 2.48 bits per heavy atom. The standard InChI is InChI=1S/C21H28N2OS/c1-15-13-16(2)20(17(3)14-15)21(24)22-8-11-23-9-6-18(7-10-23)19-5-4-12-25-19/h4-5,12-14,18H,6-11H2,1-3H3,(H,22,24). The van der Waals surface area contributed by atoms with Gasteiger partial charge >= 0.3 is 0 Å². The molecule has 25 heavy (non-hydrogen) atoms. The van der Waals surface area contributed by atoms with Crippen LogP contribution in [0.15, 0.2) is 29.6 Å². The van der Waals surface area contributed by atoms with Gasteiger partial charge in [0.1, 0.15) is 0 Å². The fourth-order valence-corrected chi connectivity index (χ4v) is 4.82. The zero-order valence-electron chi connectivity index (χ0n) is 15.5. The highest BCUT2D eigenvalue weighted by atomic mass is 32.1. The van der Waals surface area contributed by atoms with E-state index in [0.29, 0.717) is 0 Å². The summed E-state index contributed by atoms with van der Waals surface area (Å²) >= 11 is 1.88. The van der Waals surface area contributed by atoms with Crippen LogP contribution in [0.2, 0.25) is 0 Å². The van der Waals surface area contributed by atoms with E-state index in [1.165, 1.54) is 23.3 Å². The predicted molar refractivity (Wildman–Crippen MR) is 106 cm³/mol. The number of hydrogen-bond donors (Lipinski definition) is 1. The molecule has 4 heteroatoms. The third-order valence-electron chi connectivity index (χ3n) is 5.15. The van der Waals surface area contributed by atoms with E-state index in [-0.39, 0.29) is 5.91 Å². The highest BCUT2D eigenvalue weighted by Crippen LogP contribution is 2.30. The lowest BCUT2D eigenvalue weighted by Gasteiger charge is -2.31. The quantitative estimate of drug-likeness (QED) is 0.867. The second kappa shape index (κ2) is 8.15. The van der Waals surface area contributed by atoms with Gasteiger partial charge in [-0.05, 0) is 75.2 Å². The number of nitrogens with one attached hydrogen (secondary N) is 1. The Kier molecular flexibility index (Phi) is 5.92. The molecular formula is C21H28N2OS. The molecule has 1 aliphatic heterocycles. The number of hydrogen-bond acceptors (Lipinski definition) is 3. The Hall–Kier alpha value is -1.65. The van der Waals surface area contributed by atoms with E-state index in [0.717, 1.165) is 48.8 Å². The highest BCUT2D eigenvalue weighted by Gasteiger charge is 2.21. The number of amides is 1. The third kappa shape index (κ3) is 4.50. The Morgan fingerprint density at radius 1 is 1.20 bits per heavy atom. The zero-order chi connectivity index (χ0) is 17.8. The second-order valence-electron chi connectivity index (χ2n) is 7.16. The summed E-state index contributed by atoms with van der Waals surface area (Å²) in [6.45, 7) is 10.0. The maximum absolute atomic E-state index is 12.5. The Bertz CT molecular complexity index is 692. The first-order valence-electron chi connectivity index (χ1n) is 9.16. The lowest BCUT2D eigenvalue weighted by molar-refractivity contribution is 0.0944. The van der Waals surface area contributed by atoms with Crippen molar-refractivity contribution in [1.82, 2.24) is 10.2 Å². The second-order valence-corrected chi connectivity index (χ2v) is 8.14. The van der Waals surface area contributed by atoms with E-state index in [1.807, 2.05) is 25.2 Å². The molecule has 1 fully saturated rings. The Morgan fingerprint density at radius 2 is 1.88 bits per heavy atom. The number of benzene rings is 1. The minimum absolute atomic E-state index is 0.0588. The van der Waals surface area contributed by atoms with Crippen molar-refractivity contribution in [3.05, 3.63) is 56.8 Å². The molecule has 1 N–H and O–H groups in total. The summed E-state index contributed by atoms with van der Waals surface area (Å²) in [5.41, 5.74) is 4.17. The number of carbonyl (C=O) groups is 1. The number of rotatable bonds is 5. The summed E-state index contributed by atoms with van der Waals surface area (Å²) < 4.78 is 0. The van der Waals surface area contributed by atoms with E-state index in [1.54, 1.807) is 0 Å². The summed E-state index contributed by atoms with van der Waals surface area (Å²) in [5.74, 6) is 0.784. The Balaban J connectivity index is 1.45. The van der Waals surface area contributed by atoms with Crippen molar-refractivity contribution in [1.29, 1.82) is 0 Å². The summed E-state index contributed by atoms with van der Waals surface area (Å²) in [6.07, 6.45) is 2.45. The van der Waals surface area contributed by atoms with E-state index >= 15 is 0 Å². The smallest absolute Gasteiger partial charge is 0.251 e. The van der Waals surface area contributed by atoms with Gasteiger partial charge in [-0.15, -0.1) is 11.3 Å². The number of aryl methyl sites for hydroxylation is 3. The first-order valence-corrected chi connectivity index (χ1v) is 10.0. The van der Waals surface area contributed by atoms with Gasteiger partial charge in [-0.3, -0.25) is 4.79 Å². The van der Waals surface area contributed by atoms with Crippen molar-refractivity contribution in [3.8, 4) is 0 Å². The topological polar surface area (TPSA) is 32.3 Å². The SMILES string of the molecule is Cc1cc(C)c(C(=O)NCCN2CCC(c3cccs3)CC2)c(C)c1. The maximum atomic E-state index is 12.5. The van der Waals surface area contributed by atoms with E-state index < -0.39 is 0 Å². The molecule has 0 bridgehead atoms. The molecule has 2 aromatic rings. The lowest BCUT2D eigenvalue weighted by atomic mass is 9.95.